The van der Waals surface area contributed by atoms with Crippen molar-refractivity contribution in [2.24, 2.45) is 0 Å². The number of anilines is 6. The highest BCUT2D eigenvalue weighted by molar-refractivity contribution is 5.89. The second-order valence-corrected chi connectivity index (χ2v) is 14.7. The van der Waals surface area contributed by atoms with Gasteiger partial charge in [-0.15, -0.1) is 0 Å². The van der Waals surface area contributed by atoms with Crippen molar-refractivity contribution < 1.29 is 4.42 Å². The van der Waals surface area contributed by atoms with E-state index >= 15 is 0 Å². The van der Waals surface area contributed by atoms with Gasteiger partial charge in [0.2, 0.25) is 0 Å². The lowest BCUT2D eigenvalue weighted by Gasteiger charge is -2.25. The lowest BCUT2D eigenvalue weighted by Crippen LogP contribution is -2.09. The van der Waals surface area contributed by atoms with E-state index in [0.717, 1.165) is 67.5 Å². The molecule has 0 N–H and O–H groups in total. The van der Waals surface area contributed by atoms with Crippen LogP contribution in [0.4, 0.5) is 34.1 Å². The number of allylic oxidation sites excluding steroid dienone is 4. The zero-order valence-corrected chi connectivity index (χ0v) is 33.7. The molecule has 0 amide bonds. The van der Waals surface area contributed by atoms with Gasteiger partial charge in [-0.05, 0) is 119 Å². The summed E-state index contributed by atoms with van der Waals surface area (Å²) in [7, 11) is 0. The fraction of sp³-hybridized carbons (Fsp3) is 0. The fourth-order valence-electron chi connectivity index (χ4n) is 7.40. The van der Waals surface area contributed by atoms with Crippen molar-refractivity contribution in [2.75, 3.05) is 9.80 Å². The van der Waals surface area contributed by atoms with Gasteiger partial charge < -0.3 is 14.2 Å². The largest absolute Gasteiger partial charge is 0.456 e. The van der Waals surface area contributed by atoms with Gasteiger partial charge in [-0.2, -0.15) is 0 Å². The molecule has 8 aromatic carbocycles. The third kappa shape index (κ3) is 9.44. The maximum Gasteiger partial charge on any atom is 0.135 e. The maximum atomic E-state index is 6.48. The number of rotatable bonds is 13. The highest BCUT2D eigenvalue weighted by Gasteiger charge is 2.16. The first kappa shape index (κ1) is 38.4. The van der Waals surface area contributed by atoms with Crippen LogP contribution in [0, 0.1) is 0 Å². The van der Waals surface area contributed by atoms with Gasteiger partial charge in [0.1, 0.15) is 11.3 Å². The third-order valence-corrected chi connectivity index (χ3v) is 10.5. The molecule has 1 heterocycles. The van der Waals surface area contributed by atoms with E-state index in [9.17, 15) is 0 Å². The van der Waals surface area contributed by atoms with Crippen LogP contribution in [0.5, 0.6) is 0 Å². The molecule has 9 aromatic rings. The van der Waals surface area contributed by atoms with Gasteiger partial charge in [0.15, 0.2) is 0 Å². The Morgan fingerprint density at radius 1 is 0.295 bits per heavy atom. The monoisotopic (exact) mass is 784 g/mol. The van der Waals surface area contributed by atoms with Crippen LogP contribution >= 0.6 is 0 Å². The highest BCUT2D eigenvalue weighted by atomic mass is 16.3. The van der Waals surface area contributed by atoms with Gasteiger partial charge in [-0.1, -0.05) is 170 Å². The van der Waals surface area contributed by atoms with E-state index in [0.29, 0.717) is 0 Å². The van der Waals surface area contributed by atoms with E-state index < -0.39 is 0 Å². The first-order valence-electron chi connectivity index (χ1n) is 20.6. The summed E-state index contributed by atoms with van der Waals surface area (Å²) in [5, 5.41) is 1.04. The SMILES string of the molecule is C(C=Cc1ccc(N(c2ccccc2)c2ccc(-c3cc4cc(N(c5ccccc5)c5ccc(C=CC=Cc6ccccc6)cc5)ccc4o3)cc2)cc1)=Cc1ccccc1. The summed E-state index contributed by atoms with van der Waals surface area (Å²) in [5.41, 5.74) is 12.9. The van der Waals surface area contributed by atoms with Crippen molar-refractivity contribution >= 4 is 69.4 Å². The van der Waals surface area contributed by atoms with Crippen LogP contribution in [0.1, 0.15) is 22.3 Å². The third-order valence-electron chi connectivity index (χ3n) is 10.5. The van der Waals surface area contributed by atoms with E-state index in [1.165, 1.54) is 11.1 Å². The van der Waals surface area contributed by atoms with Crippen molar-refractivity contribution in [3.05, 3.63) is 265 Å². The van der Waals surface area contributed by atoms with Gasteiger partial charge in [-0.3, -0.25) is 0 Å². The first-order chi connectivity index (χ1) is 30.2. The Balaban J connectivity index is 0.947. The molecule has 0 bridgehead atoms. The average Bonchev–Trinajstić information content (AvgIpc) is 3.76. The number of fused-ring (bicyclic) bond motifs is 1. The molecule has 3 heteroatoms. The molecule has 1 aromatic heterocycles. The standard InChI is InChI=1S/C58H44N2O/c1-5-17-45(18-6-1)21-13-15-23-47-29-35-53(36-30-47)59(51-25-9-3-10-26-51)55-39-33-49(34-40-55)58-44-50-43-56(41-42-57(50)61-58)60(52-27-11-4-12-28-52)54-37-31-48(32-38-54)24-16-14-22-46-19-7-2-8-20-46/h1-44H. The molecule has 0 unspecified atom stereocenters. The van der Waals surface area contributed by atoms with Crippen molar-refractivity contribution in [1.29, 1.82) is 0 Å². The lowest BCUT2D eigenvalue weighted by molar-refractivity contribution is 0.631. The Hall–Kier alpha value is -8.14. The summed E-state index contributed by atoms with van der Waals surface area (Å²) in [6.45, 7) is 0. The van der Waals surface area contributed by atoms with Gasteiger partial charge in [0.25, 0.3) is 0 Å². The second kappa shape index (κ2) is 18.6. The molecule has 0 saturated heterocycles. The quantitative estimate of drug-likeness (QED) is 0.109. The molecule has 0 aliphatic carbocycles. The van der Waals surface area contributed by atoms with Gasteiger partial charge in [0.05, 0.1) is 0 Å². The molecule has 0 radical (unpaired) electrons. The Labute approximate surface area is 358 Å². The van der Waals surface area contributed by atoms with Crippen molar-refractivity contribution in [2.45, 2.75) is 0 Å². The Morgan fingerprint density at radius 3 is 1.08 bits per heavy atom. The lowest BCUT2D eigenvalue weighted by atomic mass is 10.1. The molecule has 0 aliphatic rings. The van der Waals surface area contributed by atoms with Crippen LogP contribution in [0.25, 0.3) is 46.6 Å². The fourth-order valence-corrected chi connectivity index (χ4v) is 7.40. The van der Waals surface area contributed by atoms with Crippen molar-refractivity contribution in [3.8, 4) is 11.3 Å². The molecule has 0 spiro atoms. The number of para-hydroxylation sites is 2. The summed E-state index contributed by atoms with van der Waals surface area (Å²) in [6.07, 6.45) is 16.8. The van der Waals surface area contributed by atoms with E-state index in [-0.39, 0.29) is 0 Å². The van der Waals surface area contributed by atoms with E-state index in [2.05, 4.69) is 265 Å². The molecule has 61 heavy (non-hydrogen) atoms. The number of hydrogen-bond acceptors (Lipinski definition) is 3. The van der Waals surface area contributed by atoms with Crippen LogP contribution in [-0.4, -0.2) is 0 Å². The Kier molecular flexibility index (Phi) is 11.7. The minimum absolute atomic E-state index is 0.825. The van der Waals surface area contributed by atoms with Crippen LogP contribution in [0.3, 0.4) is 0 Å². The van der Waals surface area contributed by atoms with Crippen LogP contribution < -0.4 is 9.80 Å². The van der Waals surface area contributed by atoms with Crippen LogP contribution in [0.2, 0.25) is 0 Å². The van der Waals surface area contributed by atoms with Gasteiger partial charge in [-0.25, -0.2) is 0 Å². The highest BCUT2D eigenvalue weighted by Crippen LogP contribution is 2.39. The molecule has 0 aliphatic heterocycles. The van der Waals surface area contributed by atoms with Crippen molar-refractivity contribution in [1.82, 2.24) is 0 Å². The summed E-state index contributed by atoms with van der Waals surface area (Å²) >= 11 is 0. The summed E-state index contributed by atoms with van der Waals surface area (Å²) in [6, 6.07) is 76.2. The zero-order valence-electron chi connectivity index (χ0n) is 33.7. The summed E-state index contributed by atoms with van der Waals surface area (Å²) in [4.78, 5) is 4.56. The molecule has 3 nitrogen and oxygen atoms in total. The predicted octanol–water partition coefficient (Wildman–Crippen LogP) is 16.5. The molecule has 0 saturated carbocycles. The molecular weight excluding hydrogens is 741 g/mol. The molecule has 9 rings (SSSR count). The van der Waals surface area contributed by atoms with Crippen LogP contribution in [-0.2, 0) is 0 Å². The second-order valence-electron chi connectivity index (χ2n) is 14.7. The normalized spacial score (nSPS) is 11.7. The minimum atomic E-state index is 0.825. The number of nitrogens with zero attached hydrogens (tertiary/aromatic N) is 2. The van der Waals surface area contributed by atoms with Crippen molar-refractivity contribution in [3.63, 3.8) is 0 Å². The molecule has 292 valence electrons. The topological polar surface area (TPSA) is 19.6 Å². The van der Waals surface area contributed by atoms with E-state index in [1.807, 2.05) is 12.1 Å². The average molecular weight is 785 g/mol. The molecular formula is C58H44N2O. The van der Waals surface area contributed by atoms with Gasteiger partial charge in [0, 0.05) is 45.1 Å². The minimum Gasteiger partial charge on any atom is -0.456 e. The summed E-state index contributed by atoms with van der Waals surface area (Å²) in [5.74, 6) is 0.825. The summed E-state index contributed by atoms with van der Waals surface area (Å²) < 4.78 is 6.48. The van der Waals surface area contributed by atoms with E-state index in [4.69, 9.17) is 4.42 Å². The molecule has 0 fully saturated rings. The van der Waals surface area contributed by atoms with Crippen LogP contribution in [0.15, 0.2) is 247 Å². The Bertz CT molecular complexity index is 2910. The van der Waals surface area contributed by atoms with E-state index in [1.54, 1.807) is 0 Å². The van der Waals surface area contributed by atoms with Gasteiger partial charge >= 0.3 is 0 Å². The number of benzene rings is 8. The molecule has 0 atom stereocenters. The maximum absolute atomic E-state index is 6.48. The number of hydrogen-bond donors (Lipinski definition) is 0. The Morgan fingerprint density at radius 2 is 0.639 bits per heavy atom. The smallest absolute Gasteiger partial charge is 0.135 e. The predicted molar refractivity (Wildman–Crippen MR) is 260 cm³/mol. The zero-order chi connectivity index (χ0) is 41.1. The first-order valence-corrected chi connectivity index (χ1v) is 20.6. The number of furan rings is 1.